The summed E-state index contributed by atoms with van der Waals surface area (Å²) in [5, 5.41) is 4.01. The molecule has 0 bridgehead atoms. The van der Waals surface area contributed by atoms with Gasteiger partial charge in [-0.15, -0.1) is 0 Å². The first-order chi connectivity index (χ1) is 14.6. The molecule has 6 nitrogen and oxygen atoms in total. The second-order valence-electron chi connectivity index (χ2n) is 7.25. The minimum absolute atomic E-state index is 0.183. The lowest BCUT2D eigenvalue weighted by Gasteiger charge is -2.32. The van der Waals surface area contributed by atoms with Gasteiger partial charge in [-0.05, 0) is 68.4 Å². The predicted molar refractivity (Wildman–Crippen MR) is 121 cm³/mol. The molecule has 1 aliphatic heterocycles. The fraction of sp³-hybridized carbons (Fsp3) is 0.364. The molecule has 0 aliphatic carbocycles. The normalized spacial score (nSPS) is 15.3. The summed E-state index contributed by atoms with van der Waals surface area (Å²) in [6, 6.07) is 15.4. The van der Waals surface area contributed by atoms with Crippen LogP contribution in [0.3, 0.4) is 0 Å². The molecule has 1 fully saturated rings. The van der Waals surface area contributed by atoms with E-state index >= 15 is 0 Å². The van der Waals surface area contributed by atoms with Crippen LogP contribution in [0.5, 0.6) is 11.5 Å². The molecule has 1 aliphatic rings. The van der Waals surface area contributed by atoms with Crippen molar-refractivity contribution in [2.75, 3.05) is 19.7 Å². The van der Waals surface area contributed by atoms with Crippen LogP contribution in [0.1, 0.15) is 19.8 Å². The molecule has 0 spiro atoms. The van der Waals surface area contributed by atoms with E-state index in [1.807, 2.05) is 60.1 Å². The van der Waals surface area contributed by atoms with Gasteiger partial charge in [0.15, 0.2) is 17.3 Å². The third kappa shape index (κ3) is 5.03. The Morgan fingerprint density at radius 3 is 2.50 bits per heavy atom. The number of hydrogen-bond donors (Lipinski definition) is 1. The van der Waals surface area contributed by atoms with Gasteiger partial charge in [0.25, 0.3) is 0 Å². The summed E-state index contributed by atoms with van der Waals surface area (Å²) in [6.45, 7) is 5.15. The number of H-pyrrole nitrogens is 1. The fourth-order valence-electron chi connectivity index (χ4n) is 3.56. The Kier molecular flexibility index (Phi) is 6.72. The molecule has 158 valence electrons. The monoisotopic (exact) mass is 444 g/mol. The van der Waals surface area contributed by atoms with Gasteiger partial charge in [-0.1, -0.05) is 23.7 Å². The molecule has 1 N–H and O–H groups in total. The standard InChI is InChI=1S/C22H25ClN4O2S/c1-2-28-19-5-3-4-6-20(19)29-18-11-13-26(14-12-18)15-27-22(30)24-21(25-27)16-7-9-17(23)10-8-16/h3-10,18H,2,11-15H2,1H3,(H,24,25,30). The van der Waals surface area contributed by atoms with Crippen molar-refractivity contribution in [3.05, 3.63) is 58.3 Å². The molecule has 2 heterocycles. The van der Waals surface area contributed by atoms with Crippen LogP contribution in [-0.4, -0.2) is 45.5 Å². The highest BCUT2D eigenvalue weighted by molar-refractivity contribution is 7.71. The van der Waals surface area contributed by atoms with Crippen molar-refractivity contribution in [3.63, 3.8) is 0 Å². The number of hydrogen-bond acceptors (Lipinski definition) is 5. The van der Waals surface area contributed by atoms with E-state index < -0.39 is 0 Å². The first kappa shape index (κ1) is 20.9. The van der Waals surface area contributed by atoms with Crippen LogP contribution in [0.2, 0.25) is 5.02 Å². The number of rotatable bonds is 7. The highest BCUT2D eigenvalue weighted by atomic mass is 35.5. The summed E-state index contributed by atoms with van der Waals surface area (Å²) >= 11 is 11.4. The van der Waals surface area contributed by atoms with Gasteiger partial charge >= 0.3 is 0 Å². The third-order valence-corrected chi connectivity index (χ3v) is 5.68. The van der Waals surface area contributed by atoms with Gasteiger partial charge < -0.3 is 9.47 Å². The van der Waals surface area contributed by atoms with Crippen LogP contribution >= 0.6 is 23.8 Å². The first-order valence-electron chi connectivity index (χ1n) is 10.2. The second kappa shape index (κ2) is 9.64. The van der Waals surface area contributed by atoms with E-state index in [-0.39, 0.29) is 6.10 Å². The zero-order valence-electron chi connectivity index (χ0n) is 16.9. The second-order valence-corrected chi connectivity index (χ2v) is 8.05. The molecule has 0 atom stereocenters. The molecular formula is C22H25ClN4O2S. The molecule has 0 unspecified atom stereocenters. The van der Waals surface area contributed by atoms with E-state index in [9.17, 15) is 0 Å². The number of para-hydroxylation sites is 2. The van der Waals surface area contributed by atoms with Gasteiger partial charge in [-0.2, -0.15) is 4.98 Å². The van der Waals surface area contributed by atoms with Crippen molar-refractivity contribution in [1.29, 1.82) is 0 Å². The van der Waals surface area contributed by atoms with Crippen LogP contribution in [0.4, 0.5) is 0 Å². The Hall–Kier alpha value is -2.35. The van der Waals surface area contributed by atoms with Crippen LogP contribution in [0.25, 0.3) is 11.4 Å². The molecule has 8 heteroatoms. The quantitative estimate of drug-likeness (QED) is 0.510. The summed E-state index contributed by atoms with van der Waals surface area (Å²) in [7, 11) is 0. The lowest BCUT2D eigenvalue weighted by Crippen LogP contribution is -2.39. The van der Waals surface area contributed by atoms with Crippen molar-refractivity contribution in [2.45, 2.75) is 32.5 Å². The Labute approximate surface area is 186 Å². The van der Waals surface area contributed by atoms with E-state index in [2.05, 4.69) is 15.0 Å². The predicted octanol–water partition coefficient (Wildman–Crippen LogP) is 5.16. The minimum Gasteiger partial charge on any atom is -0.490 e. The van der Waals surface area contributed by atoms with E-state index in [4.69, 9.17) is 33.3 Å². The highest BCUT2D eigenvalue weighted by Gasteiger charge is 2.22. The van der Waals surface area contributed by atoms with Crippen LogP contribution in [0, 0.1) is 4.77 Å². The van der Waals surface area contributed by atoms with Crippen molar-refractivity contribution in [2.24, 2.45) is 0 Å². The van der Waals surface area contributed by atoms with E-state index in [0.29, 0.717) is 23.1 Å². The van der Waals surface area contributed by atoms with Crippen molar-refractivity contribution < 1.29 is 9.47 Å². The smallest absolute Gasteiger partial charge is 0.217 e. The molecule has 0 radical (unpaired) electrons. The van der Waals surface area contributed by atoms with Gasteiger partial charge in [-0.3, -0.25) is 10.00 Å². The number of aromatic amines is 1. The van der Waals surface area contributed by atoms with E-state index in [1.165, 1.54) is 0 Å². The van der Waals surface area contributed by atoms with E-state index in [0.717, 1.165) is 48.8 Å². The van der Waals surface area contributed by atoms with Crippen molar-refractivity contribution in [3.8, 4) is 22.9 Å². The number of piperidine rings is 1. The first-order valence-corrected chi connectivity index (χ1v) is 10.9. The molecule has 0 amide bonds. The SMILES string of the molecule is CCOc1ccccc1OC1CCN(Cn2[nH]c(-c3ccc(Cl)cc3)nc2=S)CC1. The molecule has 1 saturated heterocycles. The van der Waals surface area contributed by atoms with Gasteiger partial charge in [0.1, 0.15) is 6.10 Å². The molecule has 4 rings (SSSR count). The van der Waals surface area contributed by atoms with E-state index in [1.54, 1.807) is 0 Å². The number of halogens is 1. The summed E-state index contributed by atoms with van der Waals surface area (Å²) in [6.07, 6.45) is 2.08. The number of ether oxygens (including phenoxy) is 2. The van der Waals surface area contributed by atoms with Gasteiger partial charge in [0.05, 0.1) is 13.3 Å². The maximum absolute atomic E-state index is 6.22. The summed E-state index contributed by atoms with van der Waals surface area (Å²) in [5.74, 6) is 2.38. The Balaban J connectivity index is 1.34. The van der Waals surface area contributed by atoms with Crippen LogP contribution in [-0.2, 0) is 6.67 Å². The summed E-state index contributed by atoms with van der Waals surface area (Å²) in [5.41, 5.74) is 0.962. The Bertz CT molecular complexity index is 1030. The highest BCUT2D eigenvalue weighted by Crippen LogP contribution is 2.29. The average Bonchev–Trinajstić information content (AvgIpc) is 3.12. The number of likely N-dealkylation sites (tertiary alicyclic amines) is 1. The maximum Gasteiger partial charge on any atom is 0.217 e. The molecule has 1 aromatic heterocycles. The molecule has 3 aromatic rings. The third-order valence-electron chi connectivity index (χ3n) is 5.12. The number of aromatic nitrogens is 3. The fourth-order valence-corrected chi connectivity index (χ4v) is 3.88. The zero-order chi connectivity index (χ0) is 20.9. The molecular weight excluding hydrogens is 420 g/mol. The van der Waals surface area contributed by atoms with Gasteiger partial charge in [0, 0.05) is 23.7 Å². The number of nitrogens with zero attached hydrogens (tertiary/aromatic N) is 3. The lowest BCUT2D eigenvalue weighted by molar-refractivity contribution is 0.0779. The van der Waals surface area contributed by atoms with Gasteiger partial charge in [-0.25, -0.2) is 4.68 Å². The molecule has 2 aromatic carbocycles. The lowest BCUT2D eigenvalue weighted by atomic mass is 10.1. The van der Waals surface area contributed by atoms with Gasteiger partial charge in [0.2, 0.25) is 4.77 Å². The minimum atomic E-state index is 0.183. The van der Waals surface area contributed by atoms with Crippen LogP contribution in [0.15, 0.2) is 48.5 Å². The molecule has 30 heavy (non-hydrogen) atoms. The number of benzene rings is 2. The topological polar surface area (TPSA) is 55.3 Å². The zero-order valence-corrected chi connectivity index (χ0v) is 18.5. The summed E-state index contributed by atoms with van der Waals surface area (Å²) in [4.78, 5) is 6.84. The Morgan fingerprint density at radius 1 is 1.10 bits per heavy atom. The van der Waals surface area contributed by atoms with Crippen molar-refractivity contribution >= 4 is 23.8 Å². The molecule has 0 saturated carbocycles. The average molecular weight is 445 g/mol. The summed E-state index contributed by atoms with van der Waals surface area (Å²) < 4.78 is 14.3. The Morgan fingerprint density at radius 2 is 1.80 bits per heavy atom. The number of nitrogens with one attached hydrogen (secondary N) is 1. The maximum atomic E-state index is 6.22. The largest absolute Gasteiger partial charge is 0.490 e. The van der Waals surface area contributed by atoms with Crippen molar-refractivity contribution in [1.82, 2.24) is 19.7 Å². The van der Waals surface area contributed by atoms with Crippen LogP contribution < -0.4 is 9.47 Å².